The van der Waals surface area contributed by atoms with Crippen molar-refractivity contribution in [3.8, 4) is 11.1 Å². The summed E-state index contributed by atoms with van der Waals surface area (Å²) in [7, 11) is 0. The van der Waals surface area contributed by atoms with E-state index in [0.717, 1.165) is 23.4 Å². The van der Waals surface area contributed by atoms with E-state index in [1.165, 1.54) is 11.0 Å². The second-order valence-corrected chi connectivity index (χ2v) is 7.37. The van der Waals surface area contributed by atoms with Crippen LogP contribution in [0.2, 0.25) is 5.02 Å². The molecule has 0 spiro atoms. The minimum atomic E-state index is -4.61. The van der Waals surface area contributed by atoms with Crippen LogP contribution in [-0.2, 0) is 6.18 Å². The zero-order valence-electron chi connectivity index (χ0n) is 15.5. The minimum absolute atomic E-state index is 0.142. The number of hydrogen-bond donors (Lipinski definition) is 0. The number of anilines is 1. The molecule has 3 heterocycles. The number of amides is 1. The average Bonchev–Trinajstić information content (AvgIpc) is 3.10. The highest BCUT2D eigenvalue weighted by atomic mass is 35.5. The first kappa shape index (κ1) is 19.4. The molecule has 1 amide bonds. The van der Waals surface area contributed by atoms with Gasteiger partial charge in [0.25, 0.3) is 5.91 Å². The molecule has 1 atom stereocenters. The molecule has 9 heteroatoms. The minimum Gasteiger partial charge on any atom is -0.305 e. The number of pyridine rings is 1. The van der Waals surface area contributed by atoms with Gasteiger partial charge in [-0.05, 0) is 49.7 Å². The van der Waals surface area contributed by atoms with Crippen molar-refractivity contribution in [3.63, 3.8) is 0 Å². The van der Waals surface area contributed by atoms with Crippen LogP contribution in [-0.4, -0.2) is 27.2 Å². The number of fused-ring (bicyclic) bond motifs is 1. The predicted molar refractivity (Wildman–Crippen MR) is 103 cm³/mol. The quantitative estimate of drug-likeness (QED) is 0.576. The zero-order chi connectivity index (χ0) is 20.9. The number of carbonyl (C=O) groups is 1. The van der Waals surface area contributed by atoms with E-state index in [1.807, 2.05) is 19.9 Å². The molecule has 0 bridgehead atoms. The topological polar surface area (TPSA) is 51.0 Å². The van der Waals surface area contributed by atoms with Crippen LogP contribution in [0.1, 0.15) is 34.7 Å². The van der Waals surface area contributed by atoms with Crippen molar-refractivity contribution < 1.29 is 18.0 Å². The van der Waals surface area contributed by atoms with Crippen LogP contribution in [0, 0.1) is 6.92 Å². The molecular formula is C20H16ClF3N4O. The van der Waals surface area contributed by atoms with Gasteiger partial charge >= 0.3 is 6.18 Å². The number of hydrogen-bond acceptors (Lipinski definition) is 3. The Morgan fingerprint density at radius 1 is 1.21 bits per heavy atom. The molecule has 0 unspecified atom stereocenters. The summed E-state index contributed by atoms with van der Waals surface area (Å²) < 4.78 is 41.4. The molecule has 1 aromatic carbocycles. The van der Waals surface area contributed by atoms with Crippen LogP contribution in [0.5, 0.6) is 0 Å². The molecule has 0 aliphatic carbocycles. The first-order valence-corrected chi connectivity index (χ1v) is 9.23. The lowest BCUT2D eigenvalue weighted by Crippen LogP contribution is -2.43. The molecule has 4 rings (SSSR count). The predicted octanol–water partition coefficient (Wildman–Crippen LogP) is 5.15. The van der Waals surface area contributed by atoms with Gasteiger partial charge in [0, 0.05) is 29.7 Å². The smallest absolute Gasteiger partial charge is 0.305 e. The molecule has 1 aliphatic rings. The zero-order valence-corrected chi connectivity index (χ0v) is 16.3. The van der Waals surface area contributed by atoms with Gasteiger partial charge < -0.3 is 4.90 Å². The van der Waals surface area contributed by atoms with Gasteiger partial charge in [-0.15, -0.1) is 0 Å². The van der Waals surface area contributed by atoms with E-state index < -0.39 is 22.7 Å². The van der Waals surface area contributed by atoms with E-state index in [-0.39, 0.29) is 18.3 Å². The van der Waals surface area contributed by atoms with Crippen molar-refractivity contribution in [2.45, 2.75) is 26.1 Å². The Morgan fingerprint density at radius 2 is 1.97 bits per heavy atom. The number of halogens is 4. The highest BCUT2D eigenvalue weighted by molar-refractivity contribution is 6.31. The van der Waals surface area contributed by atoms with E-state index in [0.29, 0.717) is 11.3 Å². The molecule has 5 nitrogen and oxygen atoms in total. The lowest BCUT2D eigenvalue weighted by Gasteiger charge is -2.32. The second-order valence-electron chi connectivity index (χ2n) is 6.96. The number of alkyl halides is 3. The average molecular weight is 421 g/mol. The number of aromatic nitrogens is 3. The van der Waals surface area contributed by atoms with Gasteiger partial charge in [0.1, 0.15) is 5.69 Å². The summed E-state index contributed by atoms with van der Waals surface area (Å²) in [5.41, 5.74) is 1.67. The molecule has 0 saturated carbocycles. The van der Waals surface area contributed by atoms with E-state index in [4.69, 9.17) is 11.6 Å². The molecule has 150 valence electrons. The Labute approximate surface area is 169 Å². The fourth-order valence-corrected chi connectivity index (χ4v) is 3.73. The van der Waals surface area contributed by atoms with Gasteiger partial charge in [0.05, 0.1) is 22.8 Å². The summed E-state index contributed by atoms with van der Waals surface area (Å²) in [5.74, 6) is -0.416. The van der Waals surface area contributed by atoms with Gasteiger partial charge in [-0.1, -0.05) is 11.6 Å². The Bertz CT molecular complexity index is 1110. The Hall–Kier alpha value is -2.87. The molecule has 3 aromatic rings. The van der Waals surface area contributed by atoms with Gasteiger partial charge in [0.15, 0.2) is 0 Å². The number of carbonyl (C=O) groups excluding carboxylic acids is 1. The van der Waals surface area contributed by atoms with E-state index in [9.17, 15) is 18.0 Å². The number of benzene rings is 1. The molecular weight excluding hydrogens is 405 g/mol. The van der Waals surface area contributed by atoms with E-state index in [2.05, 4.69) is 10.1 Å². The first-order chi connectivity index (χ1) is 13.7. The highest BCUT2D eigenvalue weighted by Crippen LogP contribution is 2.39. The lowest BCUT2D eigenvalue weighted by molar-refractivity contribution is -0.137. The van der Waals surface area contributed by atoms with Crippen LogP contribution in [0.25, 0.3) is 11.1 Å². The molecule has 1 aliphatic heterocycles. The maximum absolute atomic E-state index is 13.3. The number of nitrogens with zero attached hydrogens (tertiary/aromatic N) is 4. The molecule has 0 radical (unpaired) electrons. The van der Waals surface area contributed by atoms with Crippen LogP contribution >= 0.6 is 11.6 Å². The van der Waals surface area contributed by atoms with Gasteiger partial charge in [-0.3, -0.25) is 14.5 Å². The van der Waals surface area contributed by atoms with Crippen LogP contribution < -0.4 is 4.90 Å². The maximum atomic E-state index is 13.3. The SMILES string of the molecule is Cc1cc(-c2cnn3c2C(=O)N(c2ccc(Cl)c(C(F)(F)F)c2)C[C@@H]3C)ccn1. The normalized spacial score (nSPS) is 16.8. The van der Waals surface area contributed by atoms with Crippen molar-refractivity contribution in [2.24, 2.45) is 0 Å². The van der Waals surface area contributed by atoms with Gasteiger partial charge in [0.2, 0.25) is 0 Å². The highest BCUT2D eigenvalue weighted by Gasteiger charge is 2.37. The van der Waals surface area contributed by atoms with Crippen molar-refractivity contribution >= 4 is 23.2 Å². The summed E-state index contributed by atoms with van der Waals surface area (Å²) in [4.78, 5) is 18.8. The third-order valence-electron chi connectivity index (χ3n) is 4.88. The van der Waals surface area contributed by atoms with Gasteiger partial charge in [-0.2, -0.15) is 18.3 Å². The summed E-state index contributed by atoms with van der Waals surface area (Å²) in [6, 6.07) is 6.88. The summed E-state index contributed by atoms with van der Waals surface area (Å²) in [6.07, 6.45) is -1.37. The van der Waals surface area contributed by atoms with Crippen LogP contribution in [0.3, 0.4) is 0 Å². The fraction of sp³-hybridized carbons (Fsp3) is 0.250. The van der Waals surface area contributed by atoms with Gasteiger partial charge in [-0.25, -0.2) is 0 Å². The Balaban J connectivity index is 1.81. The van der Waals surface area contributed by atoms with Crippen LogP contribution in [0.15, 0.2) is 42.7 Å². The Kier molecular flexibility index (Phi) is 4.61. The maximum Gasteiger partial charge on any atom is 0.417 e. The van der Waals surface area contributed by atoms with Crippen molar-refractivity contribution in [1.29, 1.82) is 0 Å². The third-order valence-corrected chi connectivity index (χ3v) is 5.21. The Morgan fingerprint density at radius 3 is 2.66 bits per heavy atom. The molecule has 2 aromatic heterocycles. The number of rotatable bonds is 2. The third kappa shape index (κ3) is 3.37. The van der Waals surface area contributed by atoms with E-state index in [1.54, 1.807) is 23.1 Å². The van der Waals surface area contributed by atoms with Crippen molar-refractivity contribution in [3.05, 3.63) is 64.7 Å². The fourth-order valence-electron chi connectivity index (χ4n) is 3.51. The summed E-state index contributed by atoms with van der Waals surface area (Å²) in [5, 5.41) is 3.94. The molecule has 29 heavy (non-hydrogen) atoms. The molecule has 0 fully saturated rings. The largest absolute Gasteiger partial charge is 0.417 e. The molecule has 0 N–H and O–H groups in total. The first-order valence-electron chi connectivity index (χ1n) is 8.86. The lowest BCUT2D eigenvalue weighted by atomic mass is 10.0. The summed E-state index contributed by atoms with van der Waals surface area (Å²) in [6.45, 7) is 3.89. The van der Waals surface area contributed by atoms with Crippen molar-refractivity contribution in [2.75, 3.05) is 11.4 Å². The van der Waals surface area contributed by atoms with Crippen molar-refractivity contribution in [1.82, 2.24) is 14.8 Å². The van der Waals surface area contributed by atoms with Crippen LogP contribution in [0.4, 0.5) is 18.9 Å². The van der Waals surface area contributed by atoms with E-state index >= 15 is 0 Å². The number of aryl methyl sites for hydroxylation is 1. The molecule has 0 saturated heterocycles. The summed E-state index contributed by atoms with van der Waals surface area (Å²) >= 11 is 5.73. The second kappa shape index (κ2) is 6.88. The monoisotopic (exact) mass is 420 g/mol. The standard InChI is InChI=1S/C20H16ClF3N4O/c1-11-7-13(5-6-25-11)15-9-26-28-12(2)10-27(19(29)18(15)28)14-3-4-17(21)16(8-14)20(22,23)24/h3-9,12H,10H2,1-2H3/t12-/m0/s1.